The van der Waals surface area contributed by atoms with E-state index in [-0.39, 0.29) is 6.04 Å². The number of benzene rings is 1. The van der Waals surface area contributed by atoms with Crippen LogP contribution in [0.1, 0.15) is 18.1 Å². The molecule has 110 valence electrons. The minimum absolute atomic E-state index is 0.282. The first-order chi connectivity index (χ1) is 10.3. The average Bonchev–Trinajstić information content (AvgIpc) is 2.54. The first kappa shape index (κ1) is 13.9. The lowest BCUT2D eigenvalue weighted by molar-refractivity contribution is 0.326. The van der Waals surface area contributed by atoms with Crippen molar-refractivity contribution < 1.29 is 4.74 Å². The zero-order valence-electron chi connectivity index (χ0n) is 12.3. The molecule has 0 spiro atoms. The summed E-state index contributed by atoms with van der Waals surface area (Å²) in [6.45, 7) is 4.06. The smallest absolute Gasteiger partial charge is 0.215 e. The van der Waals surface area contributed by atoms with Crippen molar-refractivity contribution in [3.05, 3.63) is 53.6 Å². The van der Waals surface area contributed by atoms with Crippen LogP contribution in [0.3, 0.4) is 0 Å². The van der Waals surface area contributed by atoms with Crippen molar-refractivity contribution >= 4 is 5.82 Å². The van der Waals surface area contributed by atoms with Crippen molar-refractivity contribution in [3.8, 4) is 5.88 Å². The lowest BCUT2D eigenvalue weighted by atomic mass is 9.94. The number of aromatic nitrogens is 1. The number of pyridine rings is 1. The number of anilines is 1. The Balaban J connectivity index is 1.92. The molecule has 0 saturated heterocycles. The molecule has 0 amide bonds. The largest absolute Gasteiger partial charge is 0.478 e. The van der Waals surface area contributed by atoms with E-state index in [2.05, 4.69) is 34.1 Å². The Hall–Kier alpha value is -2.07. The van der Waals surface area contributed by atoms with E-state index in [1.165, 1.54) is 11.1 Å². The van der Waals surface area contributed by atoms with E-state index in [1.54, 1.807) is 0 Å². The van der Waals surface area contributed by atoms with Gasteiger partial charge in [0.05, 0.1) is 6.61 Å². The zero-order chi connectivity index (χ0) is 14.7. The molecule has 0 fully saturated rings. The summed E-state index contributed by atoms with van der Waals surface area (Å²) < 4.78 is 5.51. The monoisotopic (exact) mass is 283 g/mol. The van der Waals surface area contributed by atoms with Crippen LogP contribution >= 0.6 is 0 Å². The summed E-state index contributed by atoms with van der Waals surface area (Å²) in [5, 5.41) is 0. The van der Waals surface area contributed by atoms with Crippen molar-refractivity contribution in [2.45, 2.75) is 25.9 Å². The molecule has 1 aliphatic rings. The average molecular weight is 283 g/mol. The third-order valence-corrected chi connectivity index (χ3v) is 3.92. The van der Waals surface area contributed by atoms with E-state index in [0.29, 0.717) is 19.0 Å². The maximum Gasteiger partial charge on any atom is 0.215 e. The van der Waals surface area contributed by atoms with Crippen molar-refractivity contribution in [3.63, 3.8) is 0 Å². The molecule has 0 saturated carbocycles. The van der Waals surface area contributed by atoms with Crippen LogP contribution < -0.4 is 15.4 Å². The fourth-order valence-corrected chi connectivity index (χ4v) is 2.86. The molecule has 2 N–H and O–H groups in total. The minimum atomic E-state index is 0.282. The Morgan fingerprint density at radius 3 is 2.76 bits per heavy atom. The highest BCUT2D eigenvalue weighted by molar-refractivity contribution is 5.47. The maximum atomic E-state index is 5.98. The van der Waals surface area contributed by atoms with Gasteiger partial charge in [0.25, 0.3) is 0 Å². The van der Waals surface area contributed by atoms with Gasteiger partial charge in [0.15, 0.2) is 0 Å². The summed E-state index contributed by atoms with van der Waals surface area (Å²) >= 11 is 0. The molecule has 0 aliphatic carbocycles. The predicted octanol–water partition coefficient (Wildman–Crippen LogP) is 2.37. The molecule has 4 nitrogen and oxygen atoms in total. The van der Waals surface area contributed by atoms with Gasteiger partial charge in [0.1, 0.15) is 5.82 Å². The molecule has 3 rings (SSSR count). The molecular formula is C17H21N3O. The van der Waals surface area contributed by atoms with Crippen LogP contribution in [0.5, 0.6) is 5.88 Å². The number of nitrogens with zero attached hydrogens (tertiary/aromatic N) is 2. The summed E-state index contributed by atoms with van der Waals surface area (Å²) in [7, 11) is 0. The molecule has 2 heterocycles. The highest BCUT2D eigenvalue weighted by atomic mass is 16.5. The van der Waals surface area contributed by atoms with Crippen molar-refractivity contribution in [2.24, 2.45) is 5.73 Å². The fraction of sp³-hybridized carbons (Fsp3) is 0.353. The van der Waals surface area contributed by atoms with Gasteiger partial charge in [-0.1, -0.05) is 30.3 Å². The summed E-state index contributed by atoms with van der Waals surface area (Å²) in [4.78, 5) is 6.89. The zero-order valence-corrected chi connectivity index (χ0v) is 12.3. The Labute approximate surface area is 125 Å². The van der Waals surface area contributed by atoms with Crippen LogP contribution in [-0.2, 0) is 13.0 Å². The van der Waals surface area contributed by atoms with E-state index in [4.69, 9.17) is 10.5 Å². The number of ether oxygens (including phenoxy) is 1. The molecule has 0 bridgehead atoms. The maximum absolute atomic E-state index is 5.98. The molecular weight excluding hydrogens is 262 g/mol. The Morgan fingerprint density at radius 1 is 1.19 bits per heavy atom. The van der Waals surface area contributed by atoms with E-state index < -0.39 is 0 Å². The third-order valence-electron chi connectivity index (χ3n) is 3.92. The lowest BCUT2D eigenvalue weighted by Gasteiger charge is -2.37. The van der Waals surface area contributed by atoms with Gasteiger partial charge in [0, 0.05) is 25.2 Å². The summed E-state index contributed by atoms with van der Waals surface area (Å²) in [6, 6.07) is 14.7. The van der Waals surface area contributed by atoms with E-state index in [1.807, 2.05) is 25.1 Å². The SMILES string of the molecule is CCOc1cccc(N2Cc3ccccc3CC2CN)n1. The highest BCUT2D eigenvalue weighted by Crippen LogP contribution is 2.28. The molecule has 1 atom stereocenters. The van der Waals surface area contributed by atoms with Gasteiger partial charge in [0.2, 0.25) is 5.88 Å². The van der Waals surface area contributed by atoms with Gasteiger partial charge in [-0.15, -0.1) is 0 Å². The van der Waals surface area contributed by atoms with Crippen molar-refractivity contribution in [2.75, 3.05) is 18.1 Å². The quantitative estimate of drug-likeness (QED) is 0.936. The van der Waals surface area contributed by atoms with Gasteiger partial charge in [-0.05, 0) is 30.5 Å². The van der Waals surface area contributed by atoms with Crippen molar-refractivity contribution in [1.82, 2.24) is 4.98 Å². The van der Waals surface area contributed by atoms with Crippen LogP contribution in [0.2, 0.25) is 0 Å². The predicted molar refractivity (Wildman–Crippen MR) is 84.6 cm³/mol. The Kier molecular flexibility index (Phi) is 4.06. The molecule has 21 heavy (non-hydrogen) atoms. The molecule has 1 aromatic carbocycles. The molecule has 1 aliphatic heterocycles. The molecule has 0 radical (unpaired) electrons. The third kappa shape index (κ3) is 2.85. The number of fused-ring (bicyclic) bond motifs is 1. The van der Waals surface area contributed by atoms with Gasteiger partial charge in [-0.25, -0.2) is 0 Å². The summed E-state index contributed by atoms with van der Waals surface area (Å²) in [5.74, 6) is 1.61. The minimum Gasteiger partial charge on any atom is -0.478 e. The standard InChI is InChI=1S/C17H21N3O/c1-2-21-17-9-5-8-16(19-17)20-12-14-7-4-3-6-13(14)10-15(20)11-18/h3-9,15H,2,10-12,18H2,1H3. The van der Waals surface area contributed by atoms with Crippen LogP contribution in [0, 0.1) is 0 Å². The Bertz CT molecular complexity index is 614. The lowest BCUT2D eigenvalue weighted by Crippen LogP contribution is -2.45. The van der Waals surface area contributed by atoms with Gasteiger partial charge < -0.3 is 15.4 Å². The first-order valence-electron chi connectivity index (χ1n) is 7.45. The van der Waals surface area contributed by atoms with Gasteiger partial charge in [-0.2, -0.15) is 4.98 Å². The highest BCUT2D eigenvalue weighted by Gasteiger charge is 2.26. The van der Waals surface area contributed by atoms with Crippen molar-refractivity contribution in [1.29, 1.82) is 0 Å². The molecule has 2 aromatic rings. The number of hydrogen-bond acceptors (Lipinski definition) is 4. The van der Waals surface area contributed by atoms with Crippen LogP contribution in [0.4, 0.5) is 5.82 Å². The van der Waals surface area contributed by atoms with Crippen LogP contribution in [0.25, 0.3) is 0 Å². The second-order valence-corrected chi connectivity index (χ2v) is 5.26. The summed E-state index contributed by atoms with van der Waals surface area (Å²) in [5.41, 5.74) is 8.73. The van der Waals surface area contributed by atoms with Crippen LogP contribution in [-0.4, -0.2) is 24.2 Å². The van der Waals surface area contributed by atoms with Crippen LogP contribution in [0.15, 0.2) is 42.5 Å². The second kappa shape index (κ2) is 6.14. The fourth-order valence-electron chi connectivity index (χ4n) is 2.86. The van der Waals surface area contributed by atoms with Gasteiger partial charge >= 0.3 is 0 Å². The number of rotatable bonds is 4. The Morgan fingerprint density at radius 2 is 2.00 bits per heavy atom. The first-order valence-corrected chi connectivity index (χ1v) is 7.45. The molecule has 4 heteroatoms. The number of hydrogen-bond donors (Lipinski definition) is 1. The van der Waals surface area contributed by atoms with E-state index >= 15 is 0 Å². The molecule has 1 aromatic heterocycles. The van der Waals surface area contributed by atoms with E-state index in [0.717, 1.165) is 18.8 Å². The number of nitrogens with two attached hydrogens (primary N) is 1. The topological polar surface area (TPSA) is 51.4 Å². The van der Waals surface area contributed by atoms with E-state index in [9.17, 15) is 0 Å². The summed E-state index contributed by atoms with van der Waals surface area (Å²) in [6.07, 6.45) is 0.965. The normalized spacial score (nSPS) is 17.4. The molecule has 1 unspecified atom stereocenters. The van der Waals surface area contributed by atoms with Gasteiger partial charge in [-0.3, -0.25) is 0 Å². The second-order valence-electron chi connectivity index (χ2n) is 5.26.